The van der Waals surface area contributed by atoms with Crippen LogP contribution in [0.1, 0.15) is 31.2 Å². The predicted molar refractivity (Wildman–Crippen MR) is 82.0 cm³/mol. The molecule has 96 valence electrons. The molecule has 0 saturated heterocycles. The second-order valence-corrected chi connectivity index (χ2v) is 6.60. The maximum absolute atomic E-state index is 9.18. The minimum atomic E-state index is 0.488. The molecule has 2 nitrogen and oxygen atoms in total. The van der Waals surface area contributed by atoms with Crippen molar-refractivity contribution >= 4 is 33.4 Å². The smallest absolute Gasteiger partial charge is 0.101 e. The van der Waals surface area contributed by atoms with E-state index < -0.39 is 0 Å². The zero-order valence-corrected chi connectivity index (χ0v) is 12.9. The van der Waals surface area contributed by atoms with Gasteiger partial charge in [-0.1, -0.05) is 28.8 Å². The fourth-order valence-electron chi connectivity index (χ4n) is 2.48. The number of rotatable bonds is 3. The summed E-state index contributed by atoms with van der Waals surface area (Å²) in [4.78, 5) is 0. The third kappa shape index (κ3) is 3.21. The fourth-order valence-corrected chi connectivity index (χ4v) is 3.77. The fraction of sp³-hybridized carbons (Fsp3) is 0.500. The molecule has 1 aliphatic carbocycles. The van der Waals surface area contributed by atoms with Crippen molar-refractivity contribution in [3.8, 4) is 6.07 Å². The number of hydrogen-bond acceptors (Lipinski definition) is 3. The average molecular weight is 325 g/mol. The zero-order chi connectivity index (χ0) is 13.0. The largest absolute Gasteiger partial charge is 0.380 e. The minimum absolute atomic E-state index is 0.488. The van der Waals surface area contributed by atoms with Gasteiger partial charge in [0, 0.05) is 15.8 Å². The quantitative estimate of drug-likeness (QED) is 0.894. The maximum Gasteiger partial charge on any atom is 0.101 e. The molecule has 1 saturated carbocycles. The first kappa shape index (κ1) is 13.8. The molecule has 2 unspecified atom stereocenters. The standard InChI is InChI=1S/C14H17BrN2S/c1-18-14-5-3-2-4-13(14)17-12-7-6-11(15)8-10(12)9-16/h6-8,13-14,17H,2-5H2,1H3. The maximum atomic E-state index is 9.18. The molecule has 1 aromatic carbocycles. The number of nitriles is 1. The summed E-state index contributed by atoms with van der Waals surface area (Å²) in [5.41, 5.74) is 1.68. The molecule has 1 aromatic rings. The molecule has 0 spiro atoms. The van der Waals surface area contributed by atoms with E-state index in [1.165, 1.54) is 25.7 Å². The third-order valence-electron chi connectivity index (χ3n) is 3.45. The number of halogens is 1. The molecule has 0 aliphatic heterocycles. The van der Waals surface area contributed by atoms with Gasteiger partial charge in [0.2, 0.25) is 0 Å². The van der Waals surface area contributed by atoms with Crippen molar-refractivity contribution in [2.24, 2.45) is 0 Å². The Kier molecular flexibility index (Phi) is 4.96. The Balaban J connectivity index is 2.15. The molecule has 0 radical (unpaired) electrons. The normalized spacial score (nSPS) is 23.4. The van der Waals surface area contributed by atoms with Gasteiger partial charge in [-0.3, -0.25) is 0 Å². The van der Waals surface area contributed by atoms with Crippen LogP contribution in [-0.4, -0.2) is 17.5 Å². The second kappa shape index (κ2) is 6.49. The lowest BCUT2D eigenvalue weighted by molar-refractivity contribution is 0.475. The van der Waals surface area contributed by atoms with E-state index in [4.69, 9.17) is 0 Å². The summed E-state index contributed by atoms with van der Waals surface area (Å²) in [6.45, 7) is 0. The van der Waals surface area contributed by atoms with Crippen LogP contribution in [0.2, 0.25) is 0 Å². The highest BCUT2D eigenvalue weighted by atomic mass is 79.9. The van der Waals surface area contributed by atoms with Crippen molar-refractivity contribution in [1.29, 1.82) is 5.26 Å². The Bertz CT molecular complexity index is 456. The molecule has 18 heavy (non-hydrogen) atoms. The van der Waals surface area contributed by atoms with Gasteiger partial charge in [-0.05, 0) is 37.3 Å². The Morgan fingerprint density at radius 1 is 1.39 bits per heavy atom. The van der Waals surface area contributed by atoms with Crippen molar-refractivity contribution in [2.45, 2.75) is 37.0 Å². The van der Waals surface area contributed by atoms with Crippen LogP contribution in [-0.2, 0) is 0 Å². The summed E-state index contributed by atoms with van der Waals surface area (Å²) in [5.74, 6) is 0. The van der Waals surface area contributed by atoms with E-state index in [0.29, 0.717) is 11.3 Å². The number of nitrogens with zero attached hydrogens (tertiary/aromatic N) is 1. The predicted octanol–water partition coefficient (Wildman–Crippen LogP) is 4.41. The number of thioether (sulfide) groups is 1. The topological polar surface area (TPSA) is 35.8 Å². The first-order chi connectivity index (χ1) is 8.74. The SMILES string of the molecule is CSC1CCCCC1Nc1ccc(Br)cc1C#N. The van der Waals surface area contributed by atoms with Crippen LogP contribution in [0, 0.1) is 11.3 Å². The Morgan fingerprint density at radius 2 is 2.17 bits per heavy atom. The molecule has 4 heteroatoms. The van der Waals surface area contributed by atoms with E-state index in [2.05, 4.69) is 33.6 Å². The van der Waals surface area contributed by atoms with E-state index in [0.717, 1.165) is 15.7 Å². The number of hydrogen-bond donors (Lipinski definition) is 1. The van der Waals surface area contributed by atoms with Crippen LogP contribution in [0.4, 0.5) is 5.69 Å². The molecule has 2 rings (SSSR count). The van der Waals surface area contributed by atoms with Crippen LogP contribution < -0.4 is 5.32 Å². The lowest BCUT2D eigenvalue weighted by Crippen LogP contribution is -2.34. The second-order valence-electron chi connectivity index (χ2n) is 4.61. The summed E-state index contributed by atoms with van der Waals surface area (Å²) in [6.07, 6.45) is 7.27. The van der Waals surface area contributed by atoms with Gasteiger partial charge in [0.1, 0.15) is 6.07 Å². The molecule has 1 N–H and O–H groups in total. The van der Waals surface area contributed by atoms with Crippen LogP contribution in [0.25, 0.3) is 0 Å². The molecule has 0 heterocycles. The van der Waals surface area contributed by atoms with Gasteiger partial charge in [-0.25, -0.2) is 0 Å². The summed E-state index contributed by atoms with van der Waals surface area (Å²) < 4.78 is 0.953. The summed E-state index contributed by atoms with van der Waals surface area (Å²) >= 11 is 5.34. The number of benzene rings is 1. The molecular weight excluding hydrogens is 308 g/mol. The highest BCUT2D eigenvalue weighted by Gasteiger charge is 2.24. The lowest BCUT2D eigenvalue weighted by atomic mass is 9.94. The molecule has 0 amide bonds. The molecule has 2 atom stereocenters. The number of nitrogens with one attached hydrogen (secondary N) is 1. The monoisotopic (exact) mass is 324 g/mol. The zero-order valence-electron chi connectivity index (χ0n) is 10.4. The molecule has 0 aromatic heterocycles. The van der Waals surface area contributed by atoms with Crippen LogP contribution in [0.15, 0.2) is 22.7 Å². The minimum Gasteiger partial charge on any atom is -0.380 e. The first-order valence-electron chi connectivity index (χ1n) is 6.23. The van der Waals surface area contributed by atoms with Gasteiger partial charge in [0.05, 0.1) is 11.3 Å². The highest BCUT2D eigenvalue weighted by molar-refractivity contribution is 9.10. The van der Waals surface area contributed by atoms with Crippen molar-refractivity contribution < 1.29 is 0 Å². The Hall–Kier alpha value is -0.660. The van der Waals surface area contributed by atoms with Gasteiger partial charge in [0.25, 0.3) is 0 Å². The Morgan fingerprint density at radius 3 is 2.89 bits per heavy atom. The first-order valence-corrected chi connectivity index (χ1v) is 8.31. The van der Waals surface area contributed by atoms with Gasteiger partial charge in [-0.2, -0.15) is 17.0 Å². The van der Waals surface area contributed by atoms with Crippen LogP contribution in [0.3, 0.4) is 0 Å². The van der Waals surface area contributed by atoms with E-state index in [9.17, 15) is 5.26 Å². The molecule has 0 bridgehead atoms. The average Bonchev–Trinajstić information content (AvgIpc) is 2.41. The highest BCUT2D eigenvalue weighted by Crippen LogP contribution is 2.31. The summed E-state index contributed by atoms with van der Waals surface area (Å²) in [6, 6.07) is 8.60. The van der Waals surface area contributed by atoms with Crippen molar-refractivity contribution in [2.75, 3.05) is 11.6 Å². The van der Waals surface area contributed by atoms with Crippen molar-refractivity contribution in [3.63, 3.8) is 0 Å². The van der Waals surface area contributed by atoms with E-state index >= 15 is 0 Å². The lowest BCUT2D eigenvalue weighted by Gasteiger charge is -2.32. The van der Waals surface area contributed by atoms with E-state index in [-0.39, 0.29) is 0 Å². The van der Waals surface area contributed by atoms with Gasteiger partial charge in [0.15, 0.2) is 0 Å². The van der Waals surface area contributed by atoms with Gasteiger partial charge >= 0.3 is 0 Å². The summed E-state index contributed by atoms with van der Waals surface area (Å²) in [5, 5.41) is 13.4. The van der Waals surface area contributed by atoms with Crippen molar-refractivity contribution in [3.05, 3.63) is 28.2 Å². The van der Waals surface area contributed by atoms with E-state index in [1.54, 1.807) is 0 Å². The Labute approximate surface area is 121 Å². The van der Waals surface area contributed by atoms with Crippen molar-refractivity contribution in [1.82, 2.24) is 0 Å². The van der Waals surface area contributed by atoms with Gasteiger partial charge < -0.3 is 5.32 Å². The molecular formula is C14H17BrN2S. The van der Waals surface area contributed by atoms with Gasteiger partial charge in [-0.15, -0.1) is 0 Å². The summed E-state index contributed by atoms with van der Waals surface area (Å²) in [7, 11) is 0. The third-order valence-corrected chi connectivity index (χ3v) is 5.11. The number of anilines is 1. The van der Waals surface area contributed by atoms with Crippen LogP contribution >= 0.6 is 27.7 Å². The van der Waals surface area contributed by atoms with Crippen LogP contribution in [0.5, 0.6) is 0 Å². The molecule has 1 fully saturated rings. The van der Waals surface area contributed by atoms with E-state index in [1.807, 2.05) is 30.0 Å². The molecule has 1 aliphatic rings.